The van der Waals surface area contributed by atoms with Crippen LogP contribution in [0.4, 0.5) is 0 Å². The molecule has 0 spiro atoms. The number of hydrogen-bond donors (Lipinski definition) is 1. The molecule has 1 heterocycles. The highest BCUT2D eigenvalue weighted by atomic mass is 35.5. The van der Waals surface area contributed by atoms with E-state index in [2.05, 4.69) is 10.5 Å². The second-order valence-electron chi connectivity index (χ2n) is 6.32. The molecule has 0 aromatic heterocycles. The lowest BCUT2D eigenvalue weighted by molar-refractivity contribution is 0.0733. The Hall–Kier alpha value is -3.55. The second-order valence-corrected chi connectivity index (χ2v) is 7.16. The van der Waals surface area contributed by atoms with Crippen molar-refractivity contribution in [2.75, 3.05) is 6.79 Å². The van der Waals surface area contributed by atoms with Gasteiger partial charge in [0.2, 0.25) is 6.79 Å². The molecule has 7 nitrogen and oxygen atoms in total. The van der Waals surface area contributed by atoms with Crippen LogP contribution in [0, 0.1) is 0 Å². The number of esters is 1. The Labute approximate surface area is 187 Å². The van der Waals surface area contributed by atoms with Crippen molar-refractivity contribution < 1.29 is 23.8 Å². The van der Waals surface area contributed by atoms with Gasteiger partial charge in [0, 0.05) is 10.6 Å². The van der Waals surface area contributed by atoms with Crippen LogP contribution in [0.15, 0.2) is 65.8 Å². The average Bonchev–Trinajstić information content (AvgIpc) is 3.22. The summed E-state index contributed by atoms with van der Waals surface area (Å²) in [6.45, 7) is 0.111. The Kier molecular flexibility index (Phi) is 6.06. The predicted molar refractivity (Wildman–Crippen MR) is 115 cm³/mol. The molecule has 0 unspecified atom stereocenters. The van der Waals surface area contributed by atoms with Gasteiger partial charge in [-0.3, -0.25) is 4.79 Å². The van der Waals surface area contributed by atoms with Crippen molar-refractivity contribution in [2.24, 2.45) is 5.10 Å². The molecule has 1 N–H and O–H groups in total. The topological polar surface area (TPSA) is 86.2 Å². The Morgan fingerprint density at radius 1 is 1.00 bits per heavy atom. The summed E-state index contributed by atoms with van der Waals surface area (Å²) in [5, 5.41) is 4.55. The molecule has 0 aliphatic carbocycles. The van der Waals surface area contributed by atoms with Crippen LogP contribution < -0.4 is 19.6 Å². The number of nitrogens with one attached hydrogen (secondary N) is 1. The standard InChI is InChI=1S/C22H14Cl2N2O5/c23-15-6-7-16(17(24)10-15)21(27)26-25-11-14-3-1-2-4-18(14)31-22(28)13-5-8-19-20(9-13)30-12-29-19/h1-11H,12H2,(H,26,27). The zero-order valence-corrected chi connectivity index (χ0v) is 17.3. The summed E-state index contributed by atoms with van der Waals surface area (Å²) < 4.78 is 16.0. The van der Waals surface area contributed by atoms with Crippen LogP contribution >= 0.6 is 23.2 Å². The van der Waals surface area contributed by atoms with Crippen LogP contribution in [-0.4, -0.2) is 24.9 Å². The van der Waals surface area contributed by atoms with Crippen LogP contribution in [0.2, 0.25) is 10.0 Å². The van der Waals surface area contributed by atoms with Gasteiger partial charge < -0.3 is 14.2 Å². The highest BCUT2D eigenvalue weighted by Crippen LogP contribution is 2.33. The largest absolute Gasteiger partial charge is 0.454 e. The van der Waals surface area contributed by atoms with Crippen LogP contribution in [0.5, 0.6) is 17.2 Å². The van der Waals surface area contributed by atoms with E-state index in [0.717, 1.165) is 0 Å². The van der Waals surface area contributed by atoms with Crippen LogP contribution in [0.3, 0.4) is 0 Å². The fraction of sp³-hybridized carbons (Fsp3) is 0.0455. The highest BCUT2D eigenvalue weighted by molar-refractivity contribution is 6.36. The van der Waals surface area contributed by atoms with Crippen molar-refractivity contribution >= 4 is 41.3 Å². The molecule has 3 aromatic carbocycles. The van der Waals surface area contributed by atoms with Crippen molar-refractivity contribution in [2.45, 2.75) is 0 Å². The first kappa shape index (κ1) is 20.7. The maximum Gasteiger partial charge on any atom is 0.343 e. The Morgan fingerprint density at radius 2 is 1.81 bits per heavy atom. The maximum atomic E-state index is 12.5. The maximum absolute atomic E-state index is 12.5. The van der Waals surface area contributed by atoms with Crippen molar-refractivity contribution in [3.05, 3.63) is 87.4 Å². The molecule has 4 rings (SSSR count). The molecule has 1 aliphatic rings. The summed E-state index contributed by atoms with van der Waals surface area (Å²) in [4.78, 5) is 24.8. The molecule has 0 radical (unpaired) electrons. The average molecular weight is 457 g/mol. The minimum Gasteiger partial charge on any atom is -0.454 e. The summed E-state index contributed by atoms with van der Waals surface area (Å²) in [7, 11) is 0. The van der Waals surface area contributed by atoms with Gasteiger partial charge in [0.25, 0.3) is 5.91 Å². The molecule has 9 heteroatoms. The Balaban J connectivity index is 1.45. The van der Waals surface area contributed by atoms with E-state index in [9.17, 15) is 9.59 Å². The van der Waals surface area contributed by atoms with Gasteiger partial charge >= 0.3 is 5.97 Å². The number of halogens is 2. The van der Waals surface area contributed by atoms with Gasteiger partial charge in [-0.05, 0) is 48.5 Å². The van der Waals surface area contributed by atoms with Gasteiger partial charge in [0.05, 0.1) is 22.4 Å². The summed E-state index contributed by atoms with van der Waals surface area (Å²) in [6, 6.07) is 16.1. The van der Waals surface area contributed by atoms with Crippen molar-refractivity contribution in [1.82, 2.24) is 5.43 Å². The van der Waals surface area contributed by atoms with E-state index in [1.165, 1.54) is 18.3 Å². The summed E-state index contributed by atoms with van der Waals surface area (Å²) in [6.07, 6.45) is 1.37. The number of carbonyl (C=O) groups is 2. The predicted octanol–water partition coefficient (Wildman–Crippen LogP) is 4.71. The number of fused-ring (bicyclic) bond motifs is 1. The number of ether oxygens (including phenoxy) is 3. The van der Waals surface area contributed by atoms with Crippen LogP contribution in [0.1, 0.15) is 26.3 Å². The highest BCUT2D eigenvalue weighted by Gasteiger charge is 2.18. The fourth-order valence-corrected chi connectivity index (χ4v) is 3.25. The van der Waals surface area contributed by atoms with Crippen molar-refractivity contribution in [1.29, 1.82) is 0 Å². The van der Waals surface area contributed by atoms with Crippen molar-refractivity contribution in [3.63, 3.8) is 0 Å². The smallest absolute Gasteiger partial charge is 0.343 e. The quantitative estimate of drug-likeness (QED) is 0.260. The molecular formula is C22H14Cl2N2O5. The summed E-state index contributed by atoms with van der Waals surface area (Å²) >= 11 is 11.9. The molecule has 3 aromatic rings. The van der Waals surface area contributed by atoms with Crippen LogP contribution in [-0.2, 0) is 0 Å². The number of rotatable bonds is 5. The SMILES string of the molecule is O=C(Oc1ccccc1C=NNC(=O)c1ccc(Cl)cc1Cl)c1ccc2c(c1)OCO2. The van der Waals surface area contributed by atoms with Gasteiger partial charge in [-0.2, -0.15) is 5.10 Å². The Morgan fingerprint density at radius 3 is 2.65 bits per heavy atom. The first-order valence-corrected chi connectivity index (χ1v) is 9.76. The van der Waals surface area contributed by atoms with E-state index in [1.54, 1.807) is 48.5 Å². The first-order chi connectivity index (χ1) is 15.0. The lowest BCUT2D eigenvalue weighted by atomic mass is 10.2. The molecule has 156 valence electrons. The fourth-order valence-electron chi connectivity index (χ4n) is 2.76. The van der Waals surface area contributed by atoms with Crippen molar-refractivity contribution in [3.8, 4) is 17.2 Å². The van der Waals surface area contributed by atoms with E-state index < -0.39 is 11.9 Å². The van der Waals surface area contributed by atoms with E-state index in [-0.39, 0.29) is 23.1 Å². The monoisotopic (exact) mass is 456 g/mol. The number of benzene rings is 3. The molecule has 0 atom stereocenters. The van der Waals surface area contributed by atoms with E-state index in [0.29, 0.717) is 27.6 Å². The summed E-state index contributed by atoms with van der Waals surface area (Å²) in [5.74, 6) is 0.241. The third-order valence-electron chi connectivity index (χ3n) is 4.28. The molecule has 0 saturated carbocycles. The minimum atomic E-state index is -0.573. The molecule has 0 saturated heterocycles. The van der Waals surface area contributed by atoms with Gasteiger partial charge in [-0.15, -0.1) is 0 Å². The summed E-state index contributed by atoms with van der Waals surface area (Å²) in [5.41, 5.74) is 3.40. The van der Waals surface area contributed by atoms with Crippen LogP contribution in [0.25, 0.3) is 0 Å². The van der Waals surface area contributed by atoms with E-state index in [1.807, 2.05) is 0 Å². The lowest BCUT2D eigenvalue weighted by Gasteiger charge is -2.08. The number of hydrogen-bond acceptors (Lipinski definition) is 6. The Bertz CT molecular complexity index is 1200. The molecular weight excluding hydrogens is 443 g/mol. The molecule has 31 heavy (non-hydrogen) atoms. The third-order valence-corrected chi connectivity index (χ3v) is 4.82. The number of amides is 1. The van der Waals surface area contributed by atoms with Gasteiger partial charge in [-0.1, -0.05) is 35.3 Å². The number of hydrazone groups is 1. The molecule has 0 fully saturated rings. The molecule has 1 aliphatic heterocycles. The first-order valence-electron chi connectivity index (χ1n) is 9.00. The van der Waals surface area contributed by atoms with Gasteiger partial charge in [0.1, 0.15) is 5.75 Å². The normalized spacial score (nSPS) is 12.1. The minimum absolute atomic E-state index is 0.111. The number of para-hydroxylation sites is 1. The number of carbonyl (C=O) groups excluding carboxylic acids is 2. The molecule has 0 bridgehead atoms. The zero-order valence-electron chi connectivity index (χ0n) is 15.8. The zero-order chi connectivity index (χ0) is 21.8. The second kappa shape index (κ2) is 9.07. The third kappa shape index (κ3) is 4.79. The van der Waals surface area contributed by atoms with E-state index >= 15 is 0 Å². The molecule has 1 amide bonds. The number of nitrogens with zero attached hydrogens (tertiary/aromatic N) is 1. The lowest BCUT2D eigenvalue weighted by Crippen LogP contribution is -2.18. The van der Waals surface area contributed by atoms with Gasteiger partial charge in [-0.25, -0.2) is 10.2 Å². The van der Waals surface area contributed by atoms with Gasteiger partial charge in [0.15, 0.2) is 11.5 Å². The van der Waals surface area contributed by atoms with E-state index in [4.69, 9.17) is 37.4 Å².